The van der Waals surface area contributed by atoms with Crippen molar-refractivity contribution in [3.63, 3.8) is 0 Å². The molecule has 1 heterocycles. The number of benzene rings is 1. The quantitative estimate of drug-likeness (QED) is 0.395. The van der Waals surface area contributed by atoms with Crippen molar-refractivity contribution in [3.8, 4) is 0 Å². The van der Waals surface area contributed by atoms with Crippen LogP contribution >= 0.6 is 0 Å². The third kappa shape index (κ3) is 7.22. The number of aryl methyl sites for hydroxylation is 1. The zero-order valence-corrected chi connectivity index (χ0v) is 16.4. The highest BCUT2D eigenvalue weighted by molar-refractivity contribution is 5.87. The van der Waals surface area contributed by atoms with Gasteiger partial charge in [-0.25, -0.2) is 0 Å². The molecule has 1 aromatic heterocycles. The first-order chi connectivity index (χ1) is 13.1. The third-order valence-corrected chi connectivity index (χ3v) is 5.00. The maximum Gasteiger partial charge on any atom is 0.303 e. The van der Waals surface area contributed by atoms with Crippen LogP contribution < -0.4 is 0 Å². The number of carbonyl (C=O) groups is 1. The van der Waals surface area contributed by atoms with Gasteiger partial charge in [-0.15, -0.1) is 0 Å². The number of hydrogen-bond acceptors (Lipinski definition) is 2. The number of carboxylic acid groups (broad SMARTS) is 1. The Morgan fingerprint density at radius 1 is 1.11 bits per heavy atom. The minimum atomic E-state index is -0.712. The van der Waals surface area contributed by atoms with Gasteiger partial charge in [0.25, 0.3) is 0 Å². The van der Waals surface area contributed by atoms with E-state index in [2.05, 4.69) is 30.1 Å². The van der Waals surface area contributed by atoms with Gasteiger partial charge in [0.2, 0.25) is 0 Å². The van der Waals surface area contributed by atoms with Crippen molar-refractivity contribution in [2.75, 3.05) is 0 Å². The number of para-hydroxylation sites is 1. The molecule has 148 valence electrons. The topological polar surface area (TPSA) is 73.3 Å². The Morgan fingerprint density at radius 2 is 1.89 bits per heavy atom. The second-order valence-electron chi connectivity index (χ2n) is 7.29. The monoisotopic (exact) mass is 371 g/mol. The fourth-order valence-electron chi connectivity index (χ4n) is 3.47. The van der Waals surface area contributed by atoms with Gasteiger partial charge >= 0.3 is 5.97 Å². The SMILES string of the molecule is CCCCCC(O)/C=C/c1[nH]c2ccccc2c1CCCCCCC(=O)O. The van der Waals surface area contributed by atoms with Crippen molar-refractivity contribution in [2.45, 2.75) is 77.2 Å². The molecular formula is C23H33NO3. The van der Waals surface area contributed by atoms with Crippen LogP contribution in [0.15, 0.2) is 30.3 Å². The maximum atomic E-state index is 10.6. The van der Waals surface area contributed by atoms with E-state index in [9.17, 15) is 9.90 Å². The van der Waals surface area contributed by atoms with Gasteiger partial charge in [-0.1, -0.05) is 63.3 Å². The molecule has 0 aliphatic heterocycles. The van der Waals surface area contributed by atoms with Crippen molar-refractivity contribution in [1.82, 2.24) is 4.98 Å². The molecule has 0 radical (unpaired) electrons. The number of aromatic nitrogens is 1. The molecule has 0 amide bonds. The summed E-state index contributed by atoms with van der Waals surface area (Å²) in [6, 6.07) is 8.31. The molecule has 0 aliphatic rings. The van der Waals surface area contributed by atoms with Crippen LogP contribution in [0.2, 0.25) is 0 Å². The van der Waals surface area contributed by atoms with Gasteiger partial charge in [-0.3, -0.25) is 4.79 Å². The molecule has 0 bridgehead atoms. The number of hydrogen-bond donors (Lipinski definition) is 3. The van der Waals surface area contributed by atoms with Gasteiger partial charge in [-0.2, -0.15) is 0 Å². The number of aliphatic hydroxyl groups excluding tert-OH is 1. The van der Waals surface area contributed by atoms with Gasteiger partial charge in [-0.05, 0) is 43.4 Å². The standard InChI is InChI=1S/C23H33NO3/c1-2-3-6-11-18(25)16-17-22-20(12-7-4-5-8-15-23(26)27)19-13-9-10-14-21(19)24-22/h9-10,13-14,16-18,24-25H,2-8,11-12,15H2,1H3,(H,26,27)/b17-16+. The summed E-state index contributed by atoms with van der Waals surface area (Å²) >= 11 is 0. The molecule has 4 heteroatoms. The van der Waals surface area contributed by atoms with Crippen LogP contribution in [0.3, 0.4) is 0 Å². The molecule has 2 aromatic rings. The summed E-state index contributed by atoms with van der Waals surface area (Å²) in [7, 11) is 0. The zero-order valence-electron chi connectivity index (χ0n) is 16.4. The molecule has 0 spiro atoms. The minimum absolute atomic E-state index is 0.261. The largest absolute Gasteiger partial charge is 0.481 e. The molecule has 0 fully saturated rings. The van der Waals surface area contributed by atoms with E-state index < -0.39 is 12.1 Å². The molecule has 1 aromatic carbocycles. The predicted molar refractivity (Wildman–Crippen MR) is 112 cm³/mol. The van der Waals surface area contributed by atoms with Crippen molar-refractivity contribution in [1.29, 1.82) is 0 Å². The third-order valence-electron chi connectivity index (χ3n) is 5.00. The van der Waals surface area contributed by atoms with Crippen LogP contribution in [-0.2, 0) is 11.2 Å². The van der Waals surface area contributed by atoms with E-state index in [1.54, 1.807) is 0 Å². The number of H-pyrrole nitrogens is 1. The predicted octanol–water partition coefficient (Wildman–Crippen LogP) is 5.70. The number of rotatable bonds is 13. The summed E-state index contributed by atoms with van der Waals surface area (Å²) in [5.74, 6) is -0.712. The normalized spacial score (nSPS) is 12.8. The number of unbranched alkanes of at least 4 members (excludes halogenated alkanes) is 5. The van der Waals surface area contributed by atoms with Crippen LogP contribution in [0.4, 0.5) is 0 Å². The number of aromatic amines is 1. The van der Waals surface area contributed by atoms with Gasteiger partial charge in [0.15, 0.2) is 0 Å². The fourth-order valence-corrected chi connectivity index (χ4v) is 3.47. The van der Waals surface area contributed by atoms with Crippen LogP contribution in [-0.4, -0.2) is 27.3 Å². The second-order valence-corrected chi connectivity index (χ2v) is 7.29. The average molecular weight is 372 g/mol. The van der Waals surface area contributed by atoms with E-state index in [1.807, 2.05) is 18.2 Å². The smallest absolute Gasteiger partial charge is 0.303 e. The first-order valence-corrected chi connectivity index (χ1v) is 10.3. The summed E-state index contributed by atoms with van der Waals surface area (Å²) in [6.07, 6.45) is 12.7. The second kappa shape index (κ2) is 11.6. The summed E-state index contributed by atoms with van der Waals surface area (Å²) < 4.78 is 0. The van der Waals surface area contributed by atoms with E-state index in [0.717, 1.165) is 69.0 Å². The van der Waals surface area contributed by atoms with Gasteiger partial charge in [0.05, 0.1) is 6.10 Å². The molecule has 4 nitrogen and oxygen atoms in total. The Balaban J connectivity index is 1.98. The van der Waals surface area contributed by atoms with E-state index in [4.69, 9.17) is 5.11 Å². The Kier molecular flexibility index (Phi) is 9.12. The van der Waals surface area contributed by atoms with Crippen LogP contribution in [0.5, 0.6) is 0 Å². The van der Waals surface area contributed by atoms with Crippen LogP contribution in [0.1, 0.15) is 76.0 Å². The van der Waals surface area contributed by atoms with Crippen LogP contribution in [0.25, 0.3) is 17.0 Å². The minimum Gasteiger partial charge on any atom is -0.481 e. The Hall–Kier alpha value is -2.07. The summed E-state index contributed by atoms with van der Waals surface area (Å²) in [6.45, 7) is 2.17. The van der Waals surface area contributed by atoms with E-state index in [-0.39, 0.29) is 6.42 Å². The molecule has 1 unspecified atom stereocenters. The van der Waals surface area contributed by atoms with Crippen LogP contribution in [0, 0.1) is 0 Å². The Bertz CT molecular complexity index is 732. The van der Waals surface area contributed by atoms with Crippen molar-refractivity contribution in [2.24, 2.45) is 0 Å². The zero-order chi connectivity index (χ0) is 19.5. The molecule has 1 atom stereocenters. The first kappa shape index (κ1) is 21.2. The fraction of sp³-hybridized carbons (Fsp3) is 0.522. The number of fused-ring (bicyclic) bond motifs is 1. The number of nitrogens with one attached hydrogen (secondary N) is 1. The van der Waals surface area contributed by atoms with Gasteiger partial charge in [0.1, 0.15) is 0 Å². The Labute approximate surface area is 162 Å². The van der Waals surface area contributed by atoms with E-state index in [1.165, 1.54) is 10.9 Å². The number of carboxylic acids is 1. The summed E-state index contributed by atoms with van der Waals surface area (Å²) in [5.41, 5.74) is 3.50. The molecule has 0 saturated heterocycles. The molecule has 3 N–H and O–H groups in total. The van der Waals surface area contributed by atoms with Gasteiger partial charge in [0, 0.05) is 23.0 Å². The molecule has 2 rings (SSSR count). The Morgan fingerprint density at radius 3 is 2.67 bits per heavy atom. The lowest BCUT2D eigenvalue weighted by molar-refractivity contribution is -0.137. The van der Waals surface area contributed by atoms with Crippen molar-refractivity contribution >= 4 is 22.9 Å². The summed E-state index contributed by atoms with van der Waals surface area (Å²) in [5, 5.41) is 20.1. The van der Waals surface area contributed by atoms with Crippen molar-refractivity contribution in [3.05, 3.63) is 41.6 Å². The van der Waals surface area contributed by atoms with Crippen molar-refractivity contribution < 1.29 is 15.0 Å². The maximum absolute atomic E-state index is 10.6. The van der Waals surface area contributed by atoms with E-state index in [0.29, 0.717) is 0 Å². The lowest BCUT2D eigenvalue weighted by atomic mass is 10.0. The summed E-state index contributed by atoms with van der Waals surface area (Å²) in [4.78, 5) is 14.1. The number of aliphatic hydroxyl groups is 1. The highest BCUT2D eigenvalue weighted by Crippen LogP contribution is 2.26. The lowest BCUT2D eigenvalue weighted by Crippen LogP contribution is -2.01. The van der Waals surface area contributed by atoms with Gasteiger partial charge < -0.3 is 15.2 Å². The highest BCUT2D eigenvalue weighted by Gasteiger charge is 2.09. The molecule has 27 heavy (non-hydrogen) atoms. The highest BCUT2D eigenvalue weighted by atomic mass is 16.4. The number of aliphatic carboxylic acids is 1. The average Bonchev–Trinajstić information content (AvgIpc) is 3.00. The first-order valence-electron chi connectivity index (χ1n) is 10.3. The molecular weight excluding hydrogens is 338 g/mol. The van der Waals surface area contributed by atoms with E-state index >= 15 is 0 Å². The molecule has 0 saturated carbocycles. The lowest BCUT2D eigenvalue weighted by Gasteiger charge is -2.05. The molecule has 0 aliphatic carbocycles.